The zero-order chi connectivity index (χ0) is 21.7. The van der Waals surface area contributed by atoms with Crippen LogP contribution in [0.3, 0.4) is 0 Å². The van der Waals surface area contributed by atoms with Gasteiger partial charge in [0.2, 0.25) is 0 Å². The summed E-state index contributed by atoms with van der Waals surface area (Å²) in [5, 5.41) is 31.2. The van der Waals surface area contributed by atoms with Crippen LogP contribution in [0.4, 0.5) is 0 Å². The molecule has 0 aromatic rings. The molecule has 1 atom stereocenters. The number of rotatable bonds is 4. The molecule has 2 aliphatic rings. The van der Waals surface area contributed by atoms with Crippen LogP contribution >= 0.6 is 0 Å². The molecule has 158 valence electrons. The molecule has 10 heteroatoms. The van der Waals surface area contributed by atoms with Crippen molar-refractivity contribution in [3.8, 4) is 0 Å². The molecule has 6 N–H and O–H groups in total. The maximum absolute atomic E-state index is 9.55. The van der Waals surface area contributed by atoms with E-state index in [2.05, 4.69) is 11.9 Å². The van der Waals surface area contributed by atoms with Gasteiger partial charge in [-0.1, -0.05) is 19.3 Å². The molecule has 1 spiro atoms. The maximum Gasteiger partial charge on any atom is 0.328 e. The monoisotopic (exact) mass is 400 g/mol. The molecule has 1 saturated heterocycles. The van der Waals surface area contributed by atoms with E-state index < -0.39 is 23.9 Å². The van der Waals surface area contributed by atoms with Crippen molar-refractivity contribution in [2.45, 2.75) is 50.1 Å². The second-order valence-electron chi connectivity index (χ2n) is 6.50. The van der Waals surface area contributed by atoms with Crippen LogP contribution in [0.1, 0.15) is 38.5 Å². The Labute approximate surface area is 162 Å². The summed E-state index contributed by atoms with van der Waals surface area (Å²) in [6.45, 7) is 1.21. The molecule has 1 aliphatic heterocycles. The molecule has 0 aromatic carbocycles. The number of carbonyl (C=O) groups is 4. The fraction of sp³-hybridized carbons (Fsp3) is 0.556. The lowest BCUT2D eigenvalue weighted by Crippen LogP contribution is -2.53. The van der Waals surface area contributed by atoms with Gasteiger partial charge in [0.1, 0.15) is 0 Å². The Morgan fingerprint density at radius 3 is 1.43 bits per heavy atom. The molecular formula is C18H28N2O8. The molecule has 0 bridgehead atoms. The number of hydrogen-bond acceptors (Lipinski definition) is 6. The third-order valence-electron chi connectivity index (χ3n) is 4.68. The first-order valence-electron chi connectivity index (χ1n) is 8.76. The van der Waals surface area contributed by atoms with Gasteiger partial charge in [0.25, 0.3) is 0 Å². The zero-order valence-corrected chi connectivity index (χ0v) is 15.8. The largest absolute Gasteiger partial charge is 0.478 e. The predicted molar refractivity (Wildman–Crippen MR) is 99.9 cm³/mol. The van der Waals surface area contributed by atoms with E-state index >= 15 is 0 Å². The third-order valence-corrected chi connectivity index (χ3v) is 4.68. The molecule has 28 heavy (non-hydrogen) atoms. The van der Waals surface area contributed by atoms with E-state index in [-0.39, 0.29) is 0 Å². The number of likely N-dealkylation sites (tertiary alicyclic amines) is 1. The van der Waals surface area contributed by atoms with Crippen LogP contribution in [0.15, 0.2) is 24.3 Å². The van der Waals surface area contributed by atoms with Crippen molar-refractivity contribution in [3.63, 3.8) is 0 Å². The van der Waals surface area contributed by atoms with Gasteiger partial charge in [-0.15, -0.1) is 0 Å². The lowest BCUT2D eigenvalue weighted by Gasteiger charge is -2.42. The third kappa shape index (κ3) is 9.83. The highest BCUT2D eigenvalue weighted by Crippen LogP contribution is 2.39. The minimum absolute atomic E-state index is 0.401. The summed E-state index contributed by atoms with van der Waals surface area (Å²) >= 11 is 0. The Morgan fingerprint density at radius 2 is 1.18 bits per heavy atom. The Hall–Kier alpha value is -2.72. The lowest BCUT2D eigenvalue weighted by molar-refractivity contribution is -0.134. The average Bonchev–Trinajstić information content (AvgIpc) is 2.88. The van der Waals surface area contributed by atoms with Crippen molar-refractivity contribution in [3.05, 3.63) is 24.3 Å². The smallest absolute Gasteiger partial charge is 0.328 e. The van der Waals surface area contributed by atoms with Crippen LogP contribution in [0.2, 0.25) is 0 Å². The van der Waals surface area contributed by atoms with Crippen molar-refractivity contribution in [2.75, 3.05) is 13.6 Å². The molecular weight excluding hydrogens is 372 g/mol. The summed E-state index contributed by atoms with van der Waals surface area (Å²) in [4.78, 5) is 40.7. The van der Waals surface area contributed by atoms with E-state index in [1.54, 1.807) is 0 Å². The number of nitrogens with two attached hydrogens (primary N) is 1. The molecule has 2 rings (SSSR count). The average molecular weight is 400 g/mol. The number of carboxylic acid groups (broad SMARTS) is 4. The fourth-order valence-electron chi connectivity index (χ4n) is 3.31. The molecule has 1 unspecified atom stereocenters. The highest BCUT2D eigenvalue weighted by atomic mass is 16.4. The number of hydrogen-bond donors (Lipinski definition) is 5. The Morgan fingerprint density at radius 1 is 0.821 bits per heavy atom. The van der Waals surface area contributed by atoms with Gasteiger partial charge in [-0.05, 0) is 32.9 Å². The van der Waals surface area contributed by atoms with Crippen molar-refractivity contribution >= 4 is 23.9 Å². The first-order chi connectivity index (χ1) is 13.0. The van der Waals surface area contributed by atoms with Crippen molar-refractivity contribution in [1.82, 2.24) is 4.90 Å². The van der Waals surface area contributed by atoms with Gasteiger partial charge in [-0.25, -0.2) is 19.2 Å². The number of likely N-dealkylation sites (N-methyl/N-ethyl adjacent to an activating group) is 1. The second kappa shape index (κ2) is 12.6. The topological polar surface area (TPSA) is 178 Å². The Kier molecular flexibility index (Phi) is 11.4. The summed E-state index contributed by atoms with van der Waals surface area (Å²) < 4.78 is 0. The standard InChI is InChI=1S/C10H20N2.2C4H4O4/c1-12-8-5-9(11)10(12)6-3-2-4-7-10;2*5-3(6)1-2-4(7)8/h9H,2-8,11H2,1H3;2*1-2H,(H,5,6)(H,7,8)/b;2*2-1+. The van der Waals surface area contributed by atoms with Crippen molar-refractivity contribution in [1.29, 1.82) is 0 Å². The van der Waals surface area contributed by atoms with Crippen LogP contribution < -0.4 is 5.73 Å². The van der Waals surface area contributed by atoms with Crippen LogP contribution in [-0.2, 0) is 19.2 Å². The van der Waals surface area contributed by atoms with E-state index in [0.717, 1.165) is 0 Å². The molecule has 1 aliphatic carbocycles. The molecule has 0 aromatic heterocycles. The SMILES string of the molecule is CN1CCC(N)C12CCCCC2.O=C(O)/C=C/C(=O)O.O=C(O)/C=C/C(=O)O. The molecule has 2 fully saturated rings. The van der Waals surface area contributed by atoms with Gasteiger partial charge in [0.05, 0.1) is 0 Å². The Balaban J connectivity index is 0.000000408. The first-order valence-corrected chi connectivity index (χ1v) is 8.76. The molecule has 0 amide bonds. The normalized spacial score (nSPS) is 20.9. The van der Waals surface area contributed by atoms with Crippen molar-refractivity contribution in [2.24, 2.45) is 5.73 Å². The van der Waals surface area contributed by atoms with Gasteiger partial charge in [-0.2, -0.15) is 0 Å². The van der Waals surface area contributed by atoms with Crippen LogP contribution in [0.5, 0.6) is 0 Å². The molecule has 10 nitrogen and oxygen atoms in total. The lowest BCUT2D eigenvalue weighted by atomic mass is 9.77. The zero-order valence-electron chi connectivity index (χ0n) is 15.8. The highest BCUT2D eigenvalue weighted by Gasteiger charge is 2.45. The van der Waals surface area contributed by atoms with Gasteiger partial charge >= 0.3 is 23.9 Å². The van der Waals surface area contributed by atoms with Crippen LogP contribution in [-0.4, -0.2) is 74.4 Å². The first kappa shape index (κ1) is 25.3. The summed E-state index contributed by atoms with van der Waals surface area (Å²) in [5.74, 6) is -5.03. The number of aliphatic carboxylic acids is 4. The number of carboxylic acids is 4. The predicted octanol–water partition coefficient (Wildman–Crippen LogP) is 0.776. The molecule has 1 heterocycles. The summed E-state index contributed by atoms with van der Waals surface area (Å²) in [5.41, 5.74) is 6.59. The van der Waals surface area contributed by atoms with Gasteiger partial charge in [-0.3, -0.25) is 4.90 Å². The van der Waals surface area contributed by atoms with Gasteiger partial charge in [0.15, 0.2) is 0 Å². The fourth-order valence-corrected chi connectivity index (χ4v) is 3.31. The summed E-state index contributed by atoms with van der Waals surface area (Å²) in [6.07, 6.45) is 10.3. The molecule has 0 radical (unpaired) electrons. The minimum Gasteiger partial charge on any atom is -0.478 e. The van der Waals surface area contributed by atoms with Crippen LogP contribution in [0, 0.1) is 0 Å². The highest BCUT2D eigenvalue weighted by molar-refractivity contribution is 5.90. The second-order valence-corrected chi connectivity index (χ2v) is 6.50. The van der Waals surface area contributed by atoms with E-state index in [1.165, 1.54) is 45.1 Å². The Bertz CT molecular complexity index is 531. The quantitative estimate of drug-likeness (QED) is 0.423. The van der Waals surface area contributed by atoms with E-state index in [4.69, 9.17) is 26.2 Å². The van der Waals surface area contributed by atoms with E-state index in [0.29, 0.717) is 35.9 Å². The van der Waals surface area contributed by atoms with E-state index in [1.807, 2.05) is 0 Å². The van der Waals surface area contributed by atoms with Gasteiger partial charge in [0, 0.05) is 35.9 Å². The van der Waals surface area contributed by atoms with Gasteiger partial charge < -0.3 is 26.2 Å². The minimum atomic E-state index is -1.26. The summed E-state index contributed by atoms with van der Waals surface area (Å²) in [7, 11) is 2.25. The van der Waals surface area contributed by atoms with Crippen LogP contribution in [0.25, 0.3) is 0 Å². The van der Waals surface area contributed by atoms with E-state index in [9.17, 15) is 19.2 Å². The molecule has 1 saturated carbocycles. The summed E-state index contributed by atoms with van der Waals surface area (Å²) in [6, 6.07) is 0.447. The number of nitrogens with zero attached hydrogens (tertiary/aromatic N) is 1. The maximum atomic E-state index is 9.55. The van der Waals surface area contributed by atoms with Crippen molar-refractivity contribution < 1.29 is 39.6 Å².